The van der Waals surface area contributed by atoms with Gasteiger partial charge >= 0.3 is 12.1 Å². The van der Waals surface area contributed by atoms with Crippen molar-refractivity contribution < 1.29 is 33.8 Å². The summed E-state index contributed by atoms with van der Waals surface area (Å²) in [4.78, 5) is 53.6. The Morgan fingerprint density at radius 1 is 1.13 bits per heavy atom. The number of carbonyl (C=O) groups is 4. The van der Waals surface area contributed by atoms with E-state index in [1.165, 1.54) is 11.0 Å². The number of esters is 1. The van der Waals surface area contributed by atoms with E-state index in [0.29, 0.717) is 12.8 Å². The second-order valence-corrected chi connectivity index (χ2v) is 11.0. The number of aliphatic hydroxyl groups excluding tert-OH is 1. The first kappa shape index (κ1) is 33.1. The minimum Gasteiger partial charge on any atom is -0.464 e. The number of likely N-dealkylation sites (tertiary alicyclic amines) is 1. The van der Waals surface area contributed by atoms with Crippen LogP contribution in [-0.4, -0.2) is 76.4 Å². The van der Waals surface area contributed by atoms with Crippen molar-refractivity contribution in [2.45, 2.75) is 109 Å². The molecule has 38 heavy (non-hydrogen) atoms. The van der Waals surface area contributed by atoms with Crippen LogP contribution in [0, 0.1) is 5.92 Å². The summed E-state index contributed by atoms with van der Waals surface area (Å²) in [7, 11) is 0. The molecular formula is C28H47N3O7. The molecule has 0 bridgehead atoms. The highest BCUT2D eigenvalue weighted by Gasteiger charge is 2.46. The number of aliphatic hydroxyl groups is 1. The maximum Gasteiger partial charge on any atom is 0.408 e. The molecular weight excluding hydrogens is 490 g/mol. The number of hydrogen-bond acceptors (Lipinski definition) is 7. The van der Waals surface area contributed by atoms with Crippen LogP contribution in [0.3, 0.4) is 0 Å². The van der Waals surface area contributed by atoms with Gasteiger partial charge in [0.25, 0.3) is 0 Å². The van der Waals surface area contributed by atoms with Crippen LogP contribution >= 0.6 is 0 Å². The van der Waals surface area contributed by atoms with Gasteiger partial charge in [-0.25, -0.2) is 9.59 Å². The molecule has 1 aliphatic rings. The van der Waals surface area contributed by atoms with Crippen molar-refractivity contribution in [1.82, 2.24) is 15.5 Å². The fourth-order valence-electron chi connectivity index (χ4n) is 4.23. The van der Waals surface area contributed by atoms with E-state index in [-0.39, 0.29) is 19.6 Å². The highest BCUT2D eigenvalue weighted by molar-refractivity contribution is 5.95. The van der Waals surface area contributed by atoms with Crippen molar-refractivity contribution in [1.29, 1.82) is 0 Å². The molecule has 3 amide bonds. The molecule has 0 aromatic heterocycles. The number of ether oxygens (including phenoxy) is 2. The van der Waals surface area contributed by atoms with E-state index in [2.05, 4.69) is 23.8 Å². The molecule has 0 aliphatic carbocycles. The lowest BCUT2D eigenvalue weighted by atomic mass is 9.86. The Morgan fingerprint density at radius 2 is 1.79 bits per heavy atom. The molecule has 0 aromatic rings. The molecule has 3 N–H and O–H groups in total. The molecule has 216 valence electrons. The zero-order valence-corrected chi connectivity index (χ0v) is 23.9. The lowest BCUT2D eigenvalue weighted by molar-refractivity contribution is -0.155. The van der Waals surface area contributed by atoms with Crippen molar-refractivity contribution in [2.24, 2.45) is 5.92 Å². The number of β-amino-alcohol motifs (C(OH)–C–C–N with tert-alkyl or cyclic N) is 1. The predicted octanol–water partition coefficient (Wildman–Crippen LogP) is 3.24. The molecule has 10 heteroatoms. The fraction of sp³-hybridized carbons (Fsp3) is 0.714. The van der Waals surface area contributed by atoms with Crippen molar-refractivity contribution >= 4 is 23.9 Å². The number of hydrogen-bond donors (Lipinski definition) is 3. The lowest BCUT2D eigenvalue weighted by Gasteiger charge is -2.35. The van der Waals surface area contributed by atoms with Gasteiger partial charge in [0.1, 0.15) is 23.2 Å². The van der Waals surface area contributed by atoms with Crippen LogP contribution in [0.4, 0.5) is 4.79 Å². The number of carbonyl (C=O) groups excluding carboxylic acids is 4. The fourth-order valence-corrected chi connectivity index (χ4v) is 4.23. The van der Waals surface area contributed by atoms with Gasteiger partial charge in [-0.2, -0.15) is 0 Å². The smallest absolute Gasteiger partial charge is 0.408 e. The third-order valence-corrected chi connectivity index (χ3v) is 6.60. The van der Waals surface area contributed by atoms with Crippen molar-refractivity contribution in [3.8, 4) is 0 Å². The van der Waals surface area contributed by atoms with Gasteiger partial charge in [0.2, 0.25) is 11.8 Å². The Bertz CT molecular complexity index is 854. The molecule has 0 radical (unpaired) electrons. The van der Waals surface area contributed by atoms with Gasteiger partial charge in [-0.15, -0.1) is 13.2 Å². The molecule has 0 saturated carbocycles. The first-order valence-electron chi connectivity index (χ1n) is 13.4. The highest BCUT2D eigenvalue weighted by atomic mass is 16.6. The van der Waals surface area contributed by atoms with E-state index in [9.17, 15) is 24.3 Å². The van der Waals surface area contributed by atoms with E-state index in [1.54, 1.807) is 41.5 Å². The van der Waals surface area contributed by atoms with Crippen LogP contribution < -0.4 is 10.6 Å². The average Bonchev–Trinajstić information content (AvgIpc) is 3.22. The van der Waals surface area contributed by atoms with E-state index in [4.69, 9.17) is 9.47 Å². The highest BCUT2D eigenvalue weighted by Crippen LogP contribution is 2.25. The van der Waals surface area contributed by atoms with Crippen LogP contribution in [0.25, 0.3) is 0 Å². The molecule has 5 atom stereocenters. The maximum absolute atomic E-state index is 13.7. The summed E-state index contributed by atoms with van der Waals surface area (Å²) >= 11 is 0. The molecule has 1 fully saturated rings. The molecule has 1 saturated heterocycles. The molecule has 1 heterocycles. The van der Waals surface area contributed by atoms with Gasteiger partial charge in [-0.1, -0.05) is 31.9 Å². The second kappa shape index (κ2) is 14.9. The number of allylic oxidation sites excluding steroid dienone is 1. The SMILES string of the molecule is C=CCCCCC[C@H](NC(=O)OC(C)(C)C)C(=O)N1C[C@H](O)C[C@H]1C(=O)N[C@@](C)(C(=O)OCC)[C@@H](C)C=C. The standard InChI is InChI=1S/C28H47N3O7/c1-9-12-13-14-15-16-21(29-26(36)38-27(5,6)7)24(34)31-18-20(32)17-22(31)23(33)30-28(8,19(4)10-2)25(35)37-11-3/h9-10,19-22,32H,1-2,11-18H2,3-8H3,(H,29,36)(H,30,33)/t19-,20+,21-,22-,28+/m0/s1. The molecule has 1 rings (SSSR count). The molecule has 0 spiro atoms. The van der Waals surface area contributed by atoms with Crippen molar-refractivity contribution in [3.05, 3.63) is 25.3 Å². The normalized spacial score (nSPS) is 20.4. The molecule has 0 aromatic carbocycles. The second-order valence-electron chi connectivity index (χ2n) is 11.0. The van der Waals surface area contributed by atoms with Gasteiger partial charge in [0.05, 0.1) is 12.7 Å². The summed E-state index contributed by atoms with van der Waals surface area (Å²) in [6.45, 7) is 17.6. The summed E-state index contributed by atoms with van der Waals surface area (Å²) in [6.07, 6.45) is 5.26. The first-order chi connectivity index (χ1) is 17.7. The van der Waals surface area contributed by atoms with Crippen LogP contribution in [0.2, 0.25) is 0 Å². The van der Waals surface area contributed by atoms with E-state index in [1.807, 2.05) is 6.08 Å². The summed E-state index contributed by atoms with van der Waals surface area (Å²) < 4.78 is 10.5. The summed E-state index contributed by atoms with van der Waals surface area (Å²) in [5.41, 5.74) is -2.18. The molecule has 10 nitrogen and oxygen atoms in total. The Morgan fingerprint density at radius 3 is 2.34 bits per heavy atom. The topological polar surface area (TPSA) is 134 Å². The number of nitrogens with zero attached hydrogens (tertiary/aromatic N) is 1. The largest absolute Gasteiger partial charge is 0.464 e. The number of rotatable bonds is 14. The van der Waals surface area contributed by atoms with Crippen molar-refractivity contribution in [2.75, 3.05) is 13.2 Å². The number of alkyl carbamates (subject to hydrolysis) is 1. The lowest BCUT2D eigenvalue weighted by Crippen LogP contribution is -2.61. The third kappa shape index (κ3) is 9.78. The van der Waals surface area contributed by atoms with Gasteiger partial charge in [0, 0.05) is 18.9 Å². The molecule has 0 unspecified atom stereocenters. The predicted molar refractivity (Wildman–Crippen MR) is 145 cm³/mol. The van der Waals surface area contributed by atoms with Crippen LogP contribution in [-0.2, 0) is 23.9 Å². The summed E-state index contributed by atoms with van der Waals surface area (Å²) in [5.74, 6) is -2.19. The third-order valence-electron chi connectivity index (χ3n) is 6.60. The number of amides is 3. The van der Waals surface area contributed by atoms with E-state index >= 15 is 0 Å². The Labute approximate surface area is 227 Å². The zero-order chi connectivity index (χ0) is 29.1. The van der Waals surface area contributed by atoms with Gasteiger partial charge < -0.3 is 30.1 Å². The van der Waals surface area contributed by atoms with Gasteiger partial charge in [0.15, 0.2) is 0 Å². The maximum atomic E-state index is 13.7. The van der Waals surface area contributed by atoms with Crippen LogP contribution in [0.15, 0.2) is 25.3 Å². The zero-order valence-electron chi connectivity index (χ0n) is 23.9. The number of unbranched alkanes of at least 4 members (excludes halogenated alkanes) is 3. The van der Waals surface area contributed by atoms with Gasteiger partial charge in [-0.05, 0) is 53.9 Å². The number of nitrogens with one attached hydrogen (secondary N) is 2. The van der Waals surface area contributed by atoms with Gasteiger partial charge in [-0.3, -0.25) is 9.59 Å². The first-order valence-corrected chi connectivity index (χ1v) is 13.4. The van der Waals surface area contributed by atoms with E-state index < -0.39 is 59.1 Å². The Kier molecular flexibility index (Phi) is 13.0. The van der Waals surface area contributed by atoms with Crippen molar-refractivity contribution in [3.63, 3.8) is 0 Å². The average molecular weight is 538 g/mol. The minimum absolute atomic E-state index is 0.00254. The van der Waals surface area contributed by atoms with Crippen LogP contribution in [0.5, 0.6) is 0 Å². The van der Waals surface area contributed by atoms with E-state index in [0.717, 1.165) is 19.3 Å². The van der Waals surface area contributed by atoms with Crippen LogP contribution in [0.1, 0.15) is 80.1 Å². The quantitative estimate of drug-likeness (QED) is 0.176. The minimum atomic E-state index is -1.42. The Balaban J connectivity index is 3.15. The monoisotopic (exact) mass is 537 g/mol. The summed E-state index contributed by atoms with van der Waals surface area (Å²) in [5, 5.41) is 15.8. The summed E-state index contributed by atoms with van der Waals surface area (Å²) in [6, 6.07) is -1.98. The Hall–Kier alpha value is -2.88. The molecule has 1 aliphatic heterocycles.